The Labute approximate surface area is 128 Å². The van der Waals surface area contributed by atoms with Crippen LogP contribution in [-0.4, -0.2) is 15.5 Å². The van der Waals surface area contributed by atoms with Crippen molar-refractivity contribution in [2.75, 3.05) is 11.8 Å². The molecule has 21 heavy (non-hydrogen) atoms. The number of ether oxygens (including phenoxy) is 1. The van der Waals surface area contributed by atoms with Gasteiger partial charge in [0.2, 0.25) is 0 Å². The van der Waals surface area contributed by atoms with Crippen LogP contribution in [0.25, 0.3) is 0 Å². The van der Waals surface area contributed by atoms with E-state index < -0.39 is 26.6 Å². The van der Waals surface area contributed by atoms with Gasteiger partial charge in [0.05, 0.1) is 12.8 Å². The number of nitrogens with one attached hydrogen (secondary N) is 1. The number of halogens is 3. The molecule has 2 aromatic carbocycles. The van der Waals surface area contributed by atoms with Crippen LogP contribution in [-0.2, 0) is 10.0 Å². The third kappa shape index (κ3) is 3.51. The van der Waals surface area contributed by atoms with Gasteiger partial charge in [-0.15, -0.1) is 0 Å². The van der Waals surface area contributed by atoms with E-state index in [0.29, 0.717) is 4.47 Å². The van der Waals surface area contributed by atoms with Crippen molar-refractivity contribution < 1.29 is 21.9 Å². The van der Waals surface area contributed by atoms with Crippen molar-refractivity contribution in [3.8, 4) is 5.75 Å². The lowest BCUT2D eigenvalue weighted by Gasteiger charge is -2.10. The van der Waals surface area contributed by atoms with E-state index >= 15 is 0 Å². The van der Waals surface area contributed by atoms with Gasteiger partial charge in [0.15, 0.2) is 11.6 Å². The highest BCUT2D eigenvalue weighted by molar-refractivity contribution is 9.10. The van der Waals surface area contributed by atoms with Gasteiger partial charge >= 0.3 is 0 Å². The average Bonchev–Trinajstić information content (AvgIpc) is 2.40. The quantitative estimate of drug-likeness (QED) is 0.886. The maximum absolute atomic E-state index is 13.7. The zero-order valence-electron chi connectivity index (χ0n) is 10.7. The van der Waals surface area contributed by atoms with Crippen molar-refractivity contribution in [1.29, 1.82) is 0 Å². The molecule has 0 heterocycles. The third-order valence-corrected chi connectivity index (χ3v) is 4.49. The molecule has 0 aromatic heterocycles. The fourth-order valence-corrected chi connectivity index (χ4v) is 3.07. The van der Waals surface area contributed by atoms with Gasteiger partial charge in [0.25, 0.3) is 10.0 Å². The van der Waals surface area contributed by atoms with E-state index in [1.54, 1.807) is 0 Å². The van der Waals surface area contributed by atoms with E-state index in [2.05, 4.69) is 20.7 Å². The Kier molecular flexibility index (Phi) is 4.48. The number of hydrogen-bond acceptors (Lipinski definition) is 3. The van der Waals surface area contributed by atoms with Gasteiger partial charge in [-0.3, -0.25) is 4.72 Å². The van der Waals surface area contributed by atoms with Crippen LogP contribution in [0.5, 0.6) is 5.75 Å². The lowest BCUT2D eigenvalue weighted by atomic mass is 10.3. The SMILES string of the molecule is COc1cc(NS(=O)(=O)c2ccc(Br)cc2F)ccc1F. The van der Waals surface area contributed by atoms with Crippen LogP contribution in [0.4, 0.5) is 14.5 Å². The van der Waals surface area contributed by atoms with Crippen molar-refractivity contribution in [2.24, 2.45) is 0 Å². The van der Waals surface area contributed by atoms with Crippen molar-refractivity contribution in [1.82, 2.24) is 0 Å². The number of anilines is 1. The van der Waals surface area contributed by atoms with Crippen LogP contribution in [0.2, 0.25) is 0 Å². The number of sulfonamides is 1. The molecule has 0 amide bonds. The molecule has 0 aliphatic heterocycles. The molecule has 0 bridgehead atoms. The summed E-state index contributed by atoms with van der Waals surface area (Å²) in [5, 5.41) is 0. The minimum absolute atomic E-state index is 0.0653. The first-order chi connectivity index (χ1) is 9.83. The van der Waals surface area contributed by atoms with Crippen molar-refractivity contribution in [3.05, 3.63) is 52.5 Å². The Morgan fingerprint density at radius 1 is 1.10 bits per heavy atom. The largest absolute Gasteiger partial charge is 0.494 e. The molecule has 4 nitrogen and oxygen atoms in total. The lowest BCUT2D eigenvalue weighted by Crippen LogP contribution is -2.14. The Hall–Kier alpha value is -1.67. The van der Waals surface area contributed by atoms with E-state index in [0.717, 1.165) is 18.2 Å². The third-order valence-electron chi connectivity index (χ3n) is 2.59. The van der Waals surface area contributed by atoms with E-state index in [-0.39, 0.29) is 11.4 Å². The fraction of sp³-hybridized carbons (Fsp3) is 0.0769. The van der Waals surface area contributed by atoms with Crippen LogP contribution in [0.15, 0.2) is 45.8 Å². The number of benzene rings is 2. The molecule has 0 aliphatic rings. The number of methoxy groups -OCH3 is 1. The Morgan fingerprint density at radius 3 is 2.43 bits per heavy atom. The molecular weight excluding hydrogens is 368 g/mol. The summed E-state index contributed by atoms with van der Waals surface area (Å²) < 4.78 is 58.6. The van der Waals surface area contributed by atoms with Crippen molar-refractivity contribution >= 4 is 31.6 Å². The maximum Gasteiger partial charge on any atom is 0.264 e. The molecule has 0 saturated heterocycles. The second-order valence-corrected chi connectivity index (χ2v) is 6.60. The van der Waals surface area contributed by atoms with Crippen molar-refractivity contribution in [2.45, 2.75) is 4.90 Å². The smallest absolute Gasteiger partial charge is 0.264 e. The summed E-state index contributed by atoms with van der Waals surface area (Å²) in [6.45, 7) is 0. The molecular formula is C13H10BrF2NO3S. The normalized spacial score (nSPS) is 11.2. The molecule has 0 spiro atoms. The number of hydrogen-bond donors (Lipinski definition) is 1. The Bertz CT molecular complexity index is 781. The van der Waals surface area contributed by atoms with E-state index in [1.807, 2.05) is 0 Å². The van der Waals surface area contributed by atoms with Crippen LogP contribution < -0.4 is 9.46 Å². The predicted molar refractivity (Wildman–Crippen MR) is 77.9 cm³/mol. The summed E-state index contributed by atoms with van der Waals surface area (Å²) in [7, 11) is -2.87. The Balaban J connectivity index is 2.37. The van der Waals surface area contributed by atoms with Crippen molar-refractivity contribution in [3.63, 3.8) is 0 Å². The molecule has 2 aromatic rings. The molecule has 0 saturated carbocycles. The maximum atomic E-state index is 13.7. The summed E-state index contributed by atoms with van der Waals surface area (Å²) in [4.78, 5) is -0.506. The zero-order valence-corrected chi connectivity index (χ0v) is 13.1. The molecule has 0 aliphatic carbocycles. The fourth-order valence-electron chi connectivity index (χ4n) is 1.63. The lowest BCUT2D eigenvalue weighted by molar-refractivity contribution is 0.387. The second kappa shape index (κ2) is 5.98. The summed E-state index contributed by atoms with van der Waals surface area (Å²) in [5.41, 5.74) is 0.0653. The average molecular weight is 378 g/mol. The van der Waals surface area contributed by atoms with Crippen LogP contribution in [0.3, 0.4) is 0 Å². The standard InChI is InChI=1S/C13H10BrF2NO3S/c1-20-12-7-9(3-4-10(12)15)17-21(18,19)13-5-2-8(14)6-11(13)16/h2-7,17H,1H3. The second-order valence-electron chi connectivity index (χ2n) is 4.03. The highest BCUT2D eigenvalue weighted by atomic mass is 79.9. The van der Waals surface area contributed by atoms with Gasteiger partial charge in [0, 0.05) is 10.5 Å². The van der Waals surface area contributed by atoms with E-state index in [4.69, 9.17) is 4.74 Å². The van der Waals surface area contributed by atoms with Gasteiger partial charge in [-0.25, -0.2) is 17.2 Å². The van der Waals surface area contributed by atoms with Crippen LogP contribution in [0.1, 0.15) is 0 Å². The highest BCUT2D eigenvalue weighted by Crippen LogP contribution is 2.25. The van der Waals surface area contributed by atoms with Crippen LogP contribution >= 0.6 is 15.9 Å². The Morgan fingerprint density at radius 2 is 1.81 bits per heavy atom. The van der Waals surface area contributed by atoms with E-state index in [1.165, 1.54) is 25.3 Å². The molecule has 0 fully saturated rings. The molecule has 0 radical (unpaired) electrons. The molecule has 2 rings (SSSR count). The molecule has 0 atom stereocenters. The summed E-state index contributed by atoms with van der Waals surface area (Å²) in [5.74, 6) is -1.65. The molecule has 8 heteroatoms. The number of rotatable bonds is 4. The van der Waals surface area contributed by atoms with Gasteiger partial charge in [-0.1, -0.05) is 15.9 Å². The molecule has 112 valence electrons. The monoisotopic (exact) mass is 377 g/mol. The van der Waals surface area contributed by atoms with Gasteiger partial charge < -0.3 is 4.74 Å². The van der Waals surface area contributed by atoms with Gasteiger partial charge in [-0.2, -0.15) is 0 Å². The highest BCUT2D eigenvalue weighted by Gasteiger charge is 2.20. The van der Waals surface area contributed by atoms with Crippen LogP contribution in [0, 0.1) is 11.6 Å². The first-order valence-electron chi connectivity index (χ1n) is 5.65. The zero-order chi connectivity index (χ0) is 15.6. The predicted octanol–water partition coefficient (Wildman–Crippen LogP) is 3.54. The summed E-state index contributed by atoms with van der Waals surface area (Å²) in [6.07, 6.45) is 0. The van der Waals surface area contributed by atoms with Gasteiger partial charge in [-0.05, 0) is 30.3 Å². The van der Waals surface area contributed by atoms with E-state index in [9.17, 15) is 17.2 Å². The molecule has 1 N–H and O–H groups in total. The summed E-state index contributed by atoms with van der Waals surface area (Å²) in [6, 6.07) is 7.01. The first-order valence-corrected chi connectivity index (χ1v) is 7.92. The first kappa shape index (κ1) is 15.7. The minimum atomic E-state index is -4.12. The van der Waals surface area contributed by atoms with Gasteiger partial charge in [0.1, 0.15) is 10.7 Å². The summed E-state index contributed by atoms with van der Waals surface area (Å²) >= 11 is 3.04. The molecule has 0 unspecified atom stereocenters. The topological polar surface area (TPSA) is 55.4 Å². The minimum Gasteiger partial charge on any atom is -0.494 e.